The average molecular weight is 225 g/mol. The van der Waals surface area contributed by atoms with Crippen molar-refractivity contribution in [2.24, 2.45) is 5.73 Å². The lowest BCUT2D eigenvalue weighted by Crippen LogP contribution is -2.06. The first-order chi connectivity index (χ1) is 8.09. The third kappa shape index (κ3) is 2.40. The normalized spacial score (nSPS) is 12.5. The van der Waals surface area contributed by atoms with Gasteiger partial charge in [0.05, 0.1) is 0 Å². The largest absolute Gasteiger partial charge is 0.324 e. The second-order valence-corrected chi connectivity index (χ2v) is 4.69. The van der Waals surface area contributed by atoms with Gasteiger partial charge < -0.3 is 5.73 Å². The molecule has 0 aromatic heterocycles. The quantitative estimate of drug-likeness (QED) is 0.821. The second-order valence-electron chi connectivity index (χ2n) is 4.69. The molecule has 0 aliphatic rings. The van der Waals surface area contributed by atoms with Crippen LogP contribution < -0.4 is 5.73 Å². The number of nitrogens with two attached hydrogens (primary N) is 1. The van der Waals surface area contributed by atoms with Crippen molar-refractivity contribution in [1.29, 1.82) is 0 Å². The molecule has 0 aliphatic carbocycles. The molecule has 2 N–H and O–H groups in total. The van der Waals surface area contributed by atoms with Crippen molar-refractivity contribution in [2.45, 2.75) is 26.8 Å². The molecule has 2 aromatic carbocycles. The summed E-state index contributed by atoms with van der Waals surface area (Å²) in [5, 5.41) is 0. The van der Waals surface area contributed by atoms with Crippen molar-refractivity contribution in [3.8, 4) is 11.1 Å². The molecule has 0 saturated heterocycles. The first kappa shape index (κ1) is 11.9. The Morgan fingerprint density at radius 3 is 2.29 bits per heavy atom. The molecule has 1 unspecified atom stereocenters. The Hall–Kier alpha value is -1.60. The monoisotopic (exact) mass is 225 g/mol. The van der Waals surface area contributed by atoms with Crippen LogP contribution in [0.1, 0.15) is 29.7 Å². The molecule has 17 heavy (non-hydrogen) atoms. The van der Waals surface area contributed by atoms with Crippen LogP contribution in [-0.2, 0) is 0 Å². The van der Waals surface area contributed by atoms with Gasteiger partial charge in [0.15, 0.2) is 0 Å². The number of hydrogen-bond acceptors (Lipinski definition) is 1. The zero-order valence-corrected chi connectivity index (χ0v) is 10.7. The lowest BCUT2D eigenvalue weighted by molar-refractivity contribution is 0.820. The predicted molar refractivity (Wildman–Crippen MR) is 74.0 cm³/mol. The van der Waals surface area contributed by atoms with E-state index in [1.54, 1.807) is 0 Å². The fourth-order valence-corrected chi connectivity index (χ4v) is 2.26. The Bertz CT molecular complexity index is 527. The predicted octanol–water partition coefficient (Wildman–Crippen LogP) is 3.99. The summed E-state index contributed by atoms with van der Waals surface area (Å²) in [5.41, 5.74) is 12.4. The van der Waals surface area contributed by atoms with Crippen molar-refractivity contribution in [1.82, 2.24) is 0 Å². The molecular formula is C16H19N. The summed E-state index contributed by atoms with van der Waals surface area (Å²) in [6.07, 6.45) is 0. The van der Waals surface area contributed by atoms with Gasteiger partial charge >= 0.3 is 0 Å². The molecule has 1 heteroatoms. The summed E-state index contributed by atoms with van der Waals surface area (Å²) in [6.45, 7) is 6.30. The minimum absolute atomic E-state index is 0.0619. The van der Waals surface area contributed by atoms with Crippen LogP contribution in [0.4, 0.5) is 0 Å². The van der Waals surface area contributed by atoms with E-state index in [4.69, 9.17) is 5.73 Å². The van der Waals surface area contributed by atoms with Crippen LogP contribution in [0.15, 0.2) is 42.5 Å². The molecule has 0 fully saturated rings. The van der Waals surface area contributed by atoms with E-state index in [1.807, 2.05) is 13.0 Å². The van der Waals surface area contributed by atoms with E-state index < -0.39 is 0 Å². The summed E-state index contributed by atoms with van der Waals surface area (Å²) < 4.78 is 0. The van der Waals surface area contributed by atoms with Crippen molar-refractivity contribution >= 4 is 0 Å². The van der Waals surface area contributed by atoms with Crippen molar-refractivity contribution in [3.63, 3.8) is 0 Å². The summed E-state index contributed by atoms with van der Waals surface area (Å²) in [6, 6.07) is 15.0. The molecule has 0 amide bonds. The molecule has 1 atom stereocenters. The summed E-state index contributed by atoms with van der Waals surface area (Å²) in [7, 11) is 0. The fourth-order valence-electron chi connectivity index (χ4n) is 2.26. The van der Waals surface area contributed by atoms with Crippen LogP contribution in [0.5, 0.6) is 0 Å². The minimum Gasteiger partial charge on any atom is -0.324 e. The third-order valence-electron chi connectivity index (χ3n) is 3.12. The first-order valence-electron chi connectivity index (χ1n) is 6.01. The Balaban J connectivity index is 2.60. The van der Waals surface area contributed by atoms with Crippen LogP contribution in [-0.4, -0.2) is 0 Å². The first-order valence-corrected chi connectivity index (χ1v) is 6.01. The van der Waals surface area contributed by atoms with Gasteiger partial charge in [0, 0.05) is 6.04 Å². The highest BCUT2D eigenvalue weighted by atomic mass is 14.6. The Morgan fingerprint density at radius 2 is 1.65 bits per heavy atom. The topological polar surface area (TPSA) is 26.0 Å². The molecule has 88 valence electrons. The van der Waals surface area contributed by atoms with Gasteiger partial charge in [-0.1, -0.05) is 48.0 Å². The fraction of sp³-hybridized carbons (Fsp3) is 0.250. The number of aryl methyl sites for hydroxylation is 2. The Morgan fingerprint density at radius 1 is 0.941 bits per heavy atom. The zero-order chi connectivity index (χ0) is 12.4. The molecular weight excluding hydrogens is 206 g/mol. The summed E-state index contributed by atoms with van der Waals surface area (Å²) >= 11 is 0. The van der Waals surface area contributed by atoms with Gasteiger partial charge in [-0.3, -0.25) is 0 Å². The highest BCUT2D eigenvalue weighted by molar-refractivity contribution is 5.71. The average Bonchev–Trinajstić information content (AvgIpc) is 2.29. The molecule has 2 rings (SSSR count). The van der Waals surface area contributed by atoms with E-state index in [0.717, 1.165) is 0 Å². The molecule has 2 aromatic rings. The lowest BCUT2D eigenvalue weighted by atomic mass is 9.92. The zero-order valence-electron chi connectivity index (χ0n) is 10.7. The van der Waals surface area contributed by atoms with Gasteiger partial charge in [-0.05, 0) is 43.0 Å². The Kier molecular flexibility index (Phi) is 3.30. The van der Waals surface area contributed by atoms with Gasteiger partial charge in [-0.15, -0.1) is 0 Å². The van der Waals surface area contributed by atoms with Crippen LogP contribution in [0.25, 0.3) is 11.1 Å². The van der Waals surface area contributed by atoms with E-state index in [-0.39, 0.29) is 6.04 Å². The number of benzene rings is 2. The maximum atomic E-state index is 6.03. The van der Waals surface area contributed by atoms with Crippen LogP contribution in [0.3, 0.4) is 0 Å². The van der Waals surface area contributed by atoms with E-state index in [2.05, 4.69) is 50.2 Å². The van der Waals surface area contributed by atoms with E-state index >= 15 is 0 Å². The minimum atomic E-state index is 0.0619. The highest BCUT2D eigenvalue weighted by Gasteiger charge is 2.09. The lowest BCUT2D eigenvalue weighted by Gasteiger charge is -2.15. The van der Waals surface area contributed by atoms with E-state index in [0.29, 0.717) is 0 Å². The van der Waals surface area contributed by atoms with Gasteiger partial charge in [-0.2, -0.15) is 0 Å². The van der Waals surface area contributed by atoms with E-state index in [1.165, 1.54) is 27.8 Å². The number of rotatable bonds is 2. The third-order valence-corrected chi connectivity index (χ3v) is 3.12. The molecule has 0 spiro atoms. The maximum Gasteiger partial charge on any atom is 0.0272 e. The molecule has 0 aliphatic heterocycles. The van der Waals surface area contributed by atoms with Gasteiger partial charge in [0.1, 0.15) is 0 Å². The van der Waals surface area contributed by atoms with Gasteiger partial charge in [0.25, 0.3) is 0 Å². The smallest absolute Gasteiger partial charge is 0.0272 e. The molecule has 0 radical (unpaired) electrons. The SMILES string of the molecule is Cc1ccc(-c2ccccc2C(C)N)c(C)c1. The van der Waals surface area contributed by atoms with Gasteiger partial charge in [0.2, 0.25) is 0 Å². The summed E-state index contributed by atoms with van der Waals surface area (Å²) in [5.74, 6) is 0. The maximum absolute atomic E-state index is 6.03. The van der Waals surface area contributed by atoms with Crippen LogP contribution in [0.2, 0.25) is 0 Å². The number of hydrogen-bond donors (Lipinski definition) is 1. The van der Waals surface area contributed by atoms with Crippen LogP contribution in [0, 0.1) is 13.8 Å². The molecule has 0 saturated carbocycles. The molecule has 0 bridgehead atoms. The second kappa shape index (κ2) is 4.72. The standard InChI is InChI=1S/C16H19N/c1-11-8-9-14(12(2)10-11)16-7-5-4-6-15(16)13(3)17/h4-10,13H,17H2,1-3H3. The van der Waals surface area contributed by atoms with Crippen molar-refractivity contribution in [2.75, 3.05) is 0 Å². The molecule has 0 heterocycles. The summed E-state index contributed by atoms with van der Waals surface area (Å²) in [4.78, 5) is 0. The highest BCUT2D eigenvalue weighted by Crippen LogP contribution is 2.30. The van der Waals surface area contributed by atoms with Gasteiger partial charge in [-0.25, -0.2) is 0 Å². The van der Waals surface area contributed by atoms with Crippen molar-refractivity contribution < 1.29 is 0 Å². The van der Waals surface area contributed by atoms with Crippen molar-refractivity contribution in [3.05, 3.63) is 59.2 Å². The van der Waals surface area contributed by atoms with Crippen LogP contribution >= 0.6 is 0 Å². The Labute approximate surface area is 103 Å². The van der Waals surface area contributed by atoms with E-state index in [9.17, 15) is 0 Å². The molecule has 1 nitrogen and oxygen atoms in total.